The van der Waals surface area contributed by atoms with Crippen LogP contribution in [0.1, 0.15) is 77.5 Å². The third kappa shape index (κ3) is 4.84. The molecule has 1 saturated carbocycles. The van der Waals surface area contributed by atoms with Crippen molar-refractivity contribution < 1.29 is 0 Å². The van der Waals surface area contributed by atoms with Gasteiger partial charge in [0.15, 0.2) is 0 Å². The van der Waals surface area contributed by atoms with Crippen LogP contribution in [0.25, 0.3) is 0 Å². The lowest BCUT2D eigenvalue weighted by Gasteiger charge is -2.20. The highest BCUT2D eigenvalue weighted by Gasteiger charge is 2.20. The summed E-state index contributed by atoms with van der Waals surface area (Å²) in [6.45, 7) is 7.77. The van der Waals surface area contributed by atoms with E-state index in [0.29, 0.717) is 12.1 Å². The van der Waals surface area contributed by atoms with Gasteiger partial charge in [-0.2, -0.15) is 5.10 Å². The van der Waals surface area contributed by atoms with E-state index in [9.17, 15) is 0 Å². The van der Waals surface area contributed by atoms with E-state index in [2.05, 4.69) is 43.0 Å². The standard InChI is InChI=1S/C18H33N3/c1-4-18(5-2)21-12-11-16(20-21)14-17(19-6-3)13-15-9-7-8-10-15/h11-12,15,17-19H,4-10,13-14H2,1-3H3. The van der Waals surface area contributed by atoms with Crippen LogP contribution in [0.5, 0.6) is 0 Å². The molecule has 1 aromatic rings. The molecule has 120 valence electrons. The predicted molar refractivity (Wildman–Crippen MR) is 89.6 cm³/mol. The third-order valence-electron chi connectivity index (χ3n) is 5.02. The number of hydrogen-bond donors (Lipinski definition) is 1. The zero-order valence-corrected chi connectivity index (χ0v) is 14.1. The Morgan fingerprint density at radius 2 is 1.95 bits per heavy atom. The molecule has 3 heteroatoms. The summed E-state index contributed by atoms with van der Waals surface area (Å²) in [5.41, 5.74) is 1.26. The van der Waals surface area contributed by atoms with Crippen molar-refractivity contribution in [2.45, 2.75) is 84.2 Å². The molecule has 0 saturated heterocycles. The zero-order chi connectivity index (χ0) is 15.1. The maximum Gasteiger partial charge on any atom is 0.0640 e. The van der Waals surface area contributed by atoms with Gasteiger partial charge >= 0.3 is 0 Å². The molecule has 1 N–H and O–H groups in total. The molecule has 1 aromatic heterocycles. The molecule has 0 aliphatic heterocycles. The van der Waals surface area contributed by atoms with Crippen molar-refractivity contribution in [3.05, 3.63) is 18.0 Å². The Balaban J connectivity index is 1.92. The largest absolute Gasteiger partial charge is 0.314 e. The molecule has 0 spiro atoms. The Bertz CT molecular complexity index is 389. The molecular formula is C18H33N3. The topological polar surface area (TPSA) is 29.9 Å². The summed E-state index contributed by atoms with van der Waals surface area (Å²) in [6, 6.07) is 3.38. The molecule has 3 nitrogen and oxygen atoms in total. The second-order valence-corrected chi connectivity index (χ2v) is 6.60. The first-order chi connectivity index (χ1) is 10.3. The Labute approximate surface area is 130 Å². The van der Waals surface area contributed by atoms with Gasteiger partial charge in [0.1, 0.15) is 0 Å². The molecule has 0 radical (unpaired) electrons. The molecular weight excluding hydrogens is 258 g/mol. The van der Waals surface area contributed by atoms with E-state index in [-0.39, 0.29) is 0 Å². The first-order valence-electron chi connectivity index (χ1n) is 9.04. The molecule has 1 aliphatic carbocycles. The van der Waals surface area contributed by atoms with Crippen LogP contribution in [0.4, 0.5) is 0 Å². The van der Waals surface area contributed by atoms with E-state index in [0.717, 1.165) is 31.7 Å². The lowest BCUT2D eigenvalue weighted by atomic mass is 9.95. The second kappa shape index (κ2) is 8.57. The maximum absolute atomic E-state index is 4.83. The number of nitrogens with zero attached hydrogens (tertiary/aromatic N) is 2. The molecule has 0 aromatic carbocycles. The van der Waals surface area contributed by atoms with Gasteiger partial charge in [-0.05, 0) is 37.8 Å². The SMILES string of the molecule is CCNC(Cc1ccn(C(CC)CC)n1)CC1CCCC1. The fraction of sp³-hybridized carbons (Fsp3) is 0.833. The van der Waals surface area contributed by atoms with E-state index >= 15 is 0 Å². The maximum atomic E-state index is 4.83. The van der Waals surface area contributed by atoms with Gasteiger partial charge in [0, 0.05) is 18.7 Å². The highest BCUT2D eigenvalue weighted by molar-refractivity contribution is 5.02. The zero-order valence-electron chi connectivity index (χ0n) is 14.1. The molecule has 1 heterocycles. The lowest BCUT2D eigenvalue weighted by Crippen LogP contribution is -2.33. The smallest absolute Gasteiger partial charge is 0.0640 e. The monoisotopic (exact) mass is 291 g/mol. The highest BCUT2D eigenvalue weighted by Crippen LogP contribution is 2.29. The van der Waals surface area contributed by atoms with Crippen molar-refractivity contribution in [1.82, 2.24) is 15.1 Å². The van der Waals surface area contributed by atoms with Crippen LogP contribution in [-0.4, -0.2) is 22.4 Å². The van der Waals surface area contributed by atoms with Crippen LogP contribution >= 0.6 is 0 Å². The number of hydrogen-bond acceptors (Lipinski definition) is 2. The van der Waals surface area contributed by atoms with Crippen LogP contribution < -0.4 is 5.32 Å². The van der Waals surface area contributed by atoms with E-state index in [1.165, 1.54) is 37.8 Å². The number of likely N-dealkylation sites (N-methyl/N-ethyl adjacent to an activating group) is 1. The van der Waals surface area contributed by atoms with E-state index in [4.69, 9.17) is 5.10 Å². The second-order valence-electron chi connectivity index (χ2n) is 6.60. The fourth-order valence-corrected chi connectivity index (χ4v) is 3.78. The summed E-state index contributed by atoms with van der Waals surface area (Å²) in [5, 5.41) is 8.50. The van der Waals surface area contributed by atoms with Crippen molar-refractivity contribution in [2.75, 3.05) is 6.54 Å². The average Bonchev–Trinajstić information content (AvgIpc) is 3.13. The molecule has 1 unspecified atom stereocenters. The van der Waals surface area contributed by atoms with Crippen molar-refractivity contribution in [3.8, 4) is 0 Å². The lowest BCUT2D eigenvalue weighted by molar-refractivity contribution is 0.383. The third-order valence-corrected chi connectivity index (χ3v) is 5.02. The van der Waals surface area contributed by atoms with Crippen molar-refractivity contribution >= 4 is 0 Å². The van der Waals surface area contributed by atoms with Gasteiger partial charge < -0.3 is 5.32 Å². The van der Waals surface area contributed by atoms with E-state index in [1.54, 1.807) is 0 Å². The van der Waals surface area contributed by atoms with E-state index in [1.807, 2.05) is 0 Å². The molecule has 21 heavy (non-hydrogen) atoms. The van der Waals surface area contributed by atoms with Crippen LogP contribution in [-0.2, 0) is 6.42 Å². The van der Waals surface area contributed by atoms with Gasteiger partial charge in [-0.1, -0.05) is 46.5 Å². The summed E-state index contributed by atoms with van der Waals surface area (Å²) >= 11 is 0. The Morgan fingerprint density at radius 1 is 1.24 bits per heavy atom. The Hall–Kier alpha value is -0.830. The molecule has 0 amide bonds. The summed E-state index contributed by atoms with van der Waals surface area (Å²) in [6.07, 6.45) is 12.6. The van der Waals surface area contributed by atoms with Crippen LogP contribution in [0.3, 0.4) is 0 Å². The number of rotatable bonds is 9. The van der Waals surface area contributed by atoms with Gasteiger partial charge in [-0.3, -0.25) is 4.68 Å². The number of aromatic nitrogens is 2. The minimum absolute atomic E-state index is 0.561. The molecule has 1 atom stereocenters. The summed E-state index contributed by atoms with van der Waals surface area (Å²) < 4.78 is 2.17. The minimum Gasteiger partial charge on any atom is -0.314 e. The van der Waals surface area contributed by atoms with E-state index < -0.39 is 0 Å². The van der Waals surface area contributed by atoms with Gasteiger partial charge in [0.05, 0.1) is 11.7 Å². The Morgan fingerprint density at radius 3 is 2.57 bits per heavy atom. The first kappa shape index (κ1) is 16.5. The van der Waals surface area contributed by atoms with Crippen molar-refractivity contribution in [3.63, 3.8) is 0 Å². The van der Waals surface area contributed by atoms with Crippen LogP contribution in [0, 0.1) is 5.92 Å². The molecule has 1 fully saturated rings. The van der Waals surface area contributed by atoms with Crippen LogP contribution in [0.2, 0.25) is 0 Å². The van der Waals surface area contributed by atoms with Crippen molar-refractivity contribution in [1.29, 1.82) is 0 Å². The van der Waals surface area contributed by atoms with Gasteiger partial charge in [-0.15, -0.1) is 0 Å². The first-order valence-corrected chi connectivity index (χ1v) is 9.04. The molecule has 0 bridgehead atoms. The van der Waals surface area contributed by atoms with Crippen molar-refractivity contribution in [2.24, 2.45) is 5.92 Å². The summed E-state index contributed by atoms with van der Waals surface area (Å²) in [4.78, 5) is 0. The van der Waals surface area contributed by atoms with Gasteiger partial charge in [-0.25, -0.2) is 0 Å². The Kier molecular flexibility index (Phi) is 6.75. The average molecular weight is 291 g/mol. The van der Waals surface area contributed by atoms with Gasteiger partial charge in [0.25, 0.3) is 0 Å². The summed E-state index contributed by atoms with van der Waals surface area (Å²) in [5.74, 6) is 0.940. The molecule has 2 rings (SSSR count). The fourth-order valence-electron chi connectivity index (χ4n) is 3.78. The normalized spacial score (nSPS) is 17.7. The summed E-state index contributed by atoms with van der Waals surface area (Å²) in [7, 11) is 0. The van der Waals surface area contributed by atoms with Gasteiger partial charge in [0.2, 0.25) is 0 Å². The predicted octanol–water partition coefficient (Wildman–Crippen LogP) is 4.35. The minimum atomic E-state index is 0.561. The number of nitrogens with one attached hydrogen (secondary N) is 1. The highest BCUT2D eigenvalue weighted by atomic mass is 15.3. The molecule has 1 aliphatic rings. The van der Waals surface area contributed by atoms with Crippen LogP contribution in [0.15, 0.2) is 12.3 Å². The quantitative estimate of drug-likeness (QED) is 0.733.